The van der Waals surface area contributed by atoms with Crippen molar-refractivity contribution in [2.24, 2.45) is 5.73 Å². The van der Waals surface area contributed by atoms with Gasteiger partial charge in [-0.25, -0.2) is 0 Å². The summed E-state index contributed by atoms with van der Waals surface area (Å²) in [6.07, 6.45) is 0. The van der Waals surface area contributed by atoms with E-state index in [1.54, 1.807) is 31.2 Å². The van der Waals surface area contributed by atoms with Crippen LogP contribution in [0.2, 0.25) is 0 Å². The zero-order valence-electron chi connectivity index (χ0n) is 14.3. The molecule has 0 saturated carbocycles. The van der Waals surface area contributed by atoms with Crippen molar-refractivity contribution in [3.05, 3.63) is 69.8 Å². The zero-order chi connectivity index (χ0) is 18.5. The van der Waals surface area contributed by atoms with Gasteiger partial charge in [-0.1, -0.05) is 36.4 Å². The second-order valence-corrected chi connectivity index (χ2v) is 6.56. The number of primary amides is 1. The van der Waals surface area contributed by atoms with E-state index in [9.17, 15) is 19.5 Å². The van der Waals surface area contributed by atoms with Crippen LogP contribution in [-0.2, 0) is 10.4 Å². The van der Waals surface area contributed by atoms with Crippen LogP contribution in [0.15, 0.2) is 36.4 Å². The van der Waals surface area contributed by atoms with Gasteiger partial charge in [-0.05, 0) is 37.5 Å². The minimum atomic E-state index is -2.33. The smallest absolute Gasteiger partial charge is 0.224 e. The van der Waals surface area contributed by atoms with Gasteiger partial charge in [0.2, 0.25) is 23.1 Å². The number of aliphatic hydroxyl groups is 1. The van der Waals surface area contributed by atoms with Crippen LogP contribution in [0.3, 0.4) is 0 Å². The lowest BCUT2D eigenvalue weighted by atomic mass is 9.80. The SMILES string of the molecule is Cc1cc(C(C)C(N)=O)c(C2(O)C(=O)c3ccccc3C2=O)cc1C. The Morgan fingerprint density at radius 3 is 2.00 bits per heavy atom. The Labute approximate surface area is 145 Å². The first kappa shape index (κ1) is 17.0. The molecule has 25 heavy (non-hydrogen) atoms. The number of nitrogens with two attached hydrogens (primary N) is 1. The van der Waals surface area contributed by atoms with Gasteiger partial charge in [-0.3, -0.25) is 14.4 Å². The van der Waals surface area contributed by atoms with E-state index in [1.807, 2.05) is 13.8 Å². The molecule has 3 N–H and O–H groups in total. The Morgan fingerprint density at radius 1 is 1.04 bits per heavy atom. The molecule has 1 amide bonds. The summed E-state index contributed by atoms with van der Waals surface area (Å²) in [6.45, 7) is 5.27. The second-order valence-electron chi connectivity index (χ2n) is 6.56. The highest BCUT2D eigenvalue weighted by Crippen LogP contribution is 2.41. The Balaban J connectivity index is 2.30. The van der Waals surface area contributed by atoms with Crippen LogP contribution in [-0.4, -0.2) is 22.6 Å². The van der Waals surface area contributed by atoms with Crippen LogP contribution in [0.1, 0.15) is 55.8 Å². The van der Waals surface area contributed by atoms with Gasteiger partial charge in [-0.2, -0.15) is 0 Å². The monoisotopic (exact) mass is 337 g/mol. The largest absolute Gasteiger partial charge is 0.370 e. The predicted octanol–water partition coefficient (Wildman–Crippen LogP) is 2.16. The molecule has 0 bridgehead atoms. The molecule has 0 fully saturated rings. The number of benzene rings is 2. The number of hydrogen-bond acceptors (Lipinski definition) is 4. The van der Waals surface area contributed by atoms with Gasteiger partial charge >= 0.3 is 0 Å². The second kappa shape index (κ2) is 5.63. The van der Waals surface area contributed by atoms with Gasteiger partial charge in [0.25, 0.3) is 0 Å². The average molecular weight is 337 g/mol. The van der Waals surface area contributed by atoms with Crippen molar-refractivity contribution in [1.82, 2.24) is 0 Å². The van der Waals surface area contributed by atoms with E-state index in [0.29, 0.717) is 5.56 Å². The van der Waals surface area contributed by atoms with Crippen LogP contribution in [0.4, 0.5) is 0 Å². The summed E-state index contributed by atoms with van der Waals surface area (Å²) in [4.78, 5) is 37.5. The molecule has 0 heterocycles. The maximum absolute atomic E-state index is 12.9. The average Bonchev–Trinajstić information content (AvgIpc) is 2.79. The van der Waals surface area contributed by atoms with Crippen LogP contribution >= 0.6 is 0 Å². The van der Waals surface area contributed by atoms with Crippen LogP contribution < -0.4 is 5.73 Å². The van der Waals surface area contributed by atoms with Gasteiger partial charge in [0, 0.05) is 16.7 Å². The standard InChI is InChI=1S/C20H19NO4/c1-10-8-15(12(3)19(21)24)16(9-11(10)2)20(25)17(22)13-6-4-5-7-14(13)18(20)23/h4-9,12,25H,1-3H3,(H2,21,24). The van der Waals surface area contributed by atoms with E-state index in [2.05, 4.69) is 0 Å². The number of hydrogen-bond donors (Lipinski definition) is 2. The van der Waals surface area contributed by atoms with Crippen LogP contribution in [0, 0.1) is 13.8 Å². The highest BCUT2D eigenvalue weighted by molar-refractivity contribution is 6.32. The molecule has 1 aliphatic rings. The summed E-state index contributed by atoms with van der Waals surface area (Å²) < 4.78 is 0. The van der Waals surface area contributed by atoms with Crippen molar-refractivity contribution in [2.45, 2.75) is 32.3 Å². The number of ketones is 2. The van der Waals surface area contributed by atoms with E-state index >= 15 is 0 Å². The van der Waals surface area contributed by atoms with Gasteiger partial charge in [0.15, 0.2) is 0 Å². The van der Waals surface area contributed by atoms with Crippen LogP contribution in [0.25, 0.3) is 0 Å². The fourth-order valence-electron chi connectivity index (χ4n) is 3.28. The summed E-state index contributed by atoms with van der Waals surface area (Å²) in [6, 6.07) is 9.64. The predicted molar refractivity (Wildman–Crippen MR) is 92.5 cm³/mol. The minimum absolute atomic E-state index is 0.133. The Hall–Kier alpha value is -2.79. The summed E-state index contributed by atoms with van der Waals surface area (Å²) in [5.41, 5.74) is 5.68. The highest BCUT2D eigenvalue weighted by Gasteiger charge is 2.54. The molecule has 1 aliphatic carbocycles. The van der Waals surface area contributed by atoms with Crippen molar-refractivity contribution in [2.75, 3.05) is 0 Å². The number of carbonyl (C=O) groups is 3. The quantitative estimate of drug-likeness (QED) is 0.839. The lowest BCUT2D eigenvalue weighted by Gasteiger charge is -2.26. The van der Waals surface area contributed by atoms with Gasteiger partial charge in [-0.15, -0.1) is 0 Å². The van der Waals surface area contributed by atoms with Gasteiger partial charge in [0.05, 0.1) is 5.92 Å². The Kier molecular flexibility index (Phi) is 3.84. The fraction of sp³-hybridized carbons (Fsp3) is 0.250. The Morgan fingerprint density at radius 2 is 1.52 bits per heavy atom. The van der Waals surface area contributed by atoms with Crippen LogP contribution in [0.5, 0.6) is 0 Å². The third kappa shape index (κ3) is 2.31. The molecule has 1 unspecified atom stereocenters. The molecule has 5 nitrogen and oxygen atoms in total. The summed E-state index contributed by atoms with van der Waals surface area (Å²) in [5.74, 6) is -2.69. The molecule has 0 saturated heterocycles. The van der Waals surface area contributed by atoms with Crippen molar-refractivity contribution in [3.8, 4) is 0 Å². The number of amides is 1. The van der Waals surface area contributed by atoms with Crippen molar-refractivity contribution in [3.63, 3.8) is 0 Å². The molecular weight excluding hydrogens is 318 g/mol. The third-order valence-corrected chi connectivity index (χ3v) is 5.02. The van der Waals surface area contributed by atoms with E-state index in [1.165, 1.54) is 12.1 Å². The summed E-state index contributed by atoms with van der Waals surface area (Å²) in [7, 11) is 0. The summed E-state index contributed by atoms with van der Waals surface area (Å²) in [5, 5.41) is 11.2. The molecule has 3 rings (SSSR count). The number of Topliss-reactive ketones (excluding diaryl/α,β-unsaturated/α-hetero) is 2. The van der Waals surface area contributed by atoms with Gasteiger partial charge < -0.3 is 10.8 Å². The first-order chi connectivity index (χ1) is 11.7. The molecule has 0 aliphatic heterocycles. The molecule has 2 aromatic carbocycles. The molecule has 2 aromatic rings. The molecular formula is C20H19NO4. The number of carbonyl (C=O) groups excluding carboxylic acids is 3. The molecule has 0 spiro atoms. The molecule has 1 atom stereocenters. The number of fused-ring (bicyclic) bond motifs is 1. The van der Waals surface area contributed by atoms with Gasteiger partial charge in [0.1, 0.15) is 0 Å². The molecule has 0 radical (unpaired) electrons. The zero-order valence-corrected chi connectivity index (χ0v) is 14.3. The maximum Gasteiger partial charge on any atom is 0.224 e. The van der Waals surface area contributed by atoms with E-state index in [4.69, 9.17) is 5.73 Å². The first-order valence-electron chi connectivity index (χ1n) is 8.01. The number of rotatable bonds is 3. The summed E-state index contributed by atoms with van der Waals surface area (Å²) >= 11 is 0. The normalized spacial score (nSPS) is 16.6. The van der Waals surface area contributed by atoms with E-state index in [-0.39, 0.29) is 16.7 Å². The minimum Gasteiger partial charge on any atom is -0.370 e. The highest BCUT2D eigenvalue weighted by atomic mass is 16.3. The lowest BCUT2D eigenvalue weighted by molar-refractivity contribution is -0.119. The first-order valence-corrected chi connectivity index (χ1v) is 8.01. The van der Waals surface area contributed by atoms with Crippen molar-refractivity contribution in [1.29, 1.82) is 0 Å². The molecule has 5 heteroatoms. The fourth-order valence-corrected chi connectivity index (χ4v) is 3.28. The third-order valence-electron chi connectivity index (χ3n) is 5.02. The molecule has 128 valence electrons. The van der Waals surface area contributed by atoms with Crippen molar-refractivity contribution >= 4 is 17.5 Å². The topological polar surface area (TPSA) is 97.5 Å². The lowest BCUT2D eigenvalue weighted by Crippen LogP contribution is -2.40. The molecule has 0 aromatic heterocycles. The van der Waals surface area contributed by atoms with Crippen molar-refractivity contribution < 1.29 is 19.5 Å². The maximum atomic E-state index is 12.9. The van der Waals surface area contributed by atoms with E-state index < -0.39 is 29.0 Å². The Bertz CT molecular complexity index is 894. The van der Waals surface area contributed by atoms with E-state index in [0.717, 1.165) is 11.1 Å². The number of aryl methyl sites for hydroxylation is 2.